The van der Waals surface area contributed by atoms with Gasteiger partial charge in [0.25, 0.3) is 5.91 Å². The summed E-state index contributed by atoms with van der Waals surface area (Å²) < 4.78 is 3.57. The zero-order valence-electron chi connectivity index (χ0n) is 21.3. The lowest BCUT2D eigenvalue weighted by atomic mass is 9.85. The SMILES string of the molecule is Cc1ncc(Cl)cc1C(=O)N[C@H]1CC[C@H](Cn2c(=O)n(-c3ccc(N(C)C)cn3)c3ccccc32)CC1. The van der Waals surface area contributed by atoms with Crippen LogP contribution in [-0.2, 0) is 6.54 Å². The Kier molecular flexibility index (Phi) is 7.02. The number of imidazole rings is 1. The average Bonchev–Trinajstić information content (AvgIpc) is 3.17. The lowest BCUT2D eigenvalue weighted by molar-refractivity contribution is 0.0919. The van der Waals surface area contributed by atoms with Gasteiger partial charge in [-0.25, -0.2) is 14.3 Å². The molecular formula is C28H31ClN6O2. The number of pyridine rings is 2. The molecule has 1 N–H and O–H groups in total. The van der Waals surface area contributed by atoms with Crippen LogP contribution in [0.3, 0.4) is 0 Å². The zero-order valence-corrected chi connectivity index (χ0v) is 22.1. The molecule has 37 heavy (non-hydrogen) atoms. The van der Waals surface area contributed by atoms with E-state index in [4.69, 9.17) is 11.6 Å². The predicted octanol–water partition coefficient (Wildman–Crippen LogP) is 4.60. The van der Waals surface area contributed by atoms with Crippen LogP contribution in [-0.4, -0.2) is 45.1 Å². The van der Waals surface area contributed by atoms with Crippen molar-refractivity contribution < 1.29 is 4.79 Å². The average molecular weight is 519 g/mol. The Morgan fingerprint density at radius 2 is 1.78 bits per heavy atom. The zero-order chi connectivity index (χ0) is 26.1. The minimum atomic E-state index is -0.136. The molecule has 9 heteroatoms. The highest BCUT2D eigenvalue weighted by atomic mass is 35.5. The second-order valence-electron chi connectivity index (χ2n) is 9.96. The minimum absolute atomic E-state index is 0.0781. The van der Waals surface area contributed by atoms with E-state index in [1.165, 1.54) is 0 Å². The first-order valence-electron chi connectivity index (χ1n) is 12.6. The number of rotatable bonds is 6. The second kappa shape index (κ2) is 10.4. The summed E-state index contributed by atoms with van der Waals surface area (Å²) in [4.78, 5) is 37.1. The topological polar surface area (TPSA) is 85.0 Å². The van der Waals surface area contributed by atoms with Gasteiger partial charge in [0.15, 0.2) is 0 Å². The van der Waals surface area contributed by atoms with E-state index in [0.29, 0.717) is 34.6 Å². The van der Waals surface area contributed by atoms with E-state index in [9.17, 15) is 9.59 Å². The fourth-order valence-electron chi connectivity index (χ4n) is 5.13. The van der Waals surface area contributed by atoms with Crippen LogP contribution in [0, 0.1) is 12.8 Å². The van der Waals surface area contributed by atoms with Gasteiger partial charge in [-0.1, -0.05) is 23.7 Å². The lowest BCUT2D eigenvalue weighted by Crippen LogP contribution is -2.39. The standard InChI is InChI=1S/C28H31ClN6O2/c1-18-23(14-20(29)15-30-18)27(36)32-21-10-8-19(9-11-21)17-34-24-6-4-5-7-25(24)35(28(34)37)26-13-12-22(16-31-26)33(2)3/h4-7,12-16,19,21H,8-11,17H2,1-3H3,(H,32,36)/t19-,21-. The quantitative estimate of drug-likeness (QED) is 0.403. The lowest BCUT2D eigenvalue weighted by Gasteiger charge is -2.29. The van der Waals surface area contributed by atoms with E-state index in [-0.39, 0.29) is 17.6 Å². The van der Waals surface area contributed by atoms with Gasteiger partial charge in [-0.2, -0.15) is 0 Å². The molecule has 0 saturated heterocycles. The third kappa shape index (κ3) is 5.11. The van der Waals surface area contributed by atoms with Crippen molar-refractivity contribution in [3.63, 3.8) is 0 Å². The van der Waals surface area contributed by atoms with Gasteiger partial charge in [-0.15, -0.1) is 0 Å². The number of hydrogen-bond donors (Lipinski definition) is 1. The fraction of sp³-hybridized carbons (Fsp3) is 0.357. The Morgan fingerprint density at radius 1 is 1.05 bits per heavy atom. The van der Waals surface area contributed by atoms with Crippen molar-refractivity contribution in [2.45, 2.75) is 45.2 Å². The highest BCUT2D eigenvalue weighted by Crippen LogP contribution is 2.28. The van der Waals surface area contributed by atoms with Gasteiger partial charge >= 0.3 is 5.69 Å². The van der Waals surface area contributed by atoms with Crippen LogP contribution in [0.1, 0.15) is 41.7 Å². The summed E-state index contributed by atoms with van der Waals surface area (Å²) in [5, 5.41) is 3.60. The van der Waals surface area contributed by atoms with Gasteiger partial charge in [-0.05, 0) is 68.9 Å². The molecule has 1 fully saturated rings. The Hall–Kier alpha value is -3.65. The molecule has 1 saturated carbocycles. The number of benzene rings is 1. The molecule has 0 spiro atoms. The van der Waals surface area contributed by atoms with E-state index in [1.807, 2.05) is 66.9 Å². The largest absolute Gasteiger partial charge is 0.376 e. The molecule has 192 valence electrons. The number of amides is 1. The van der Waals surface area contributed by atoms with Crippen LogP contribution in [0.15, 0.2) is 59.7 Å². The van der Waals surface area contributed by atoms with Crippen LogP contribution in [0.4, 0.5) is 5.69 Å². The molecule has 8 nitrogen and oxygen atoms in total. The highest BCUT2D eigenvalue weighted by molar-refractivity contribution is 6.30. The molecule has 0 radical (unpaired) electrons. The molecule has 1 amide bonds. The summed E-state index contributed by atoms with van der Waals surface area (Å²) in [6.45, 7) is 2.45. The molecule has 0 bridgehead atoms. The van der Waals surface area contributed by atoms with Crippen molar-refractivity contribution in [1.29, 1.82) is 0 Å². The number of carbonyl (C=O) groups excluding carboxylic acids is 1. The number of aromatic nitrogens is 4. The van der Waals surface area contributed by atoms with Gasteiger partial charge in [0.1, 0.15) is 5.82 Å². The van der Waals surface area contributed by atoms with Crippen molar-refractivity contribution in [2.75, 3.05) is 19.0 Å². The van der Waals surface area contributed by atoms with Gasteiger partial charge < -0.3 is 10.2 Å². The van der Waals surface area contributed by atoms with Crippen molar-refractivity contribution in [2.24, 2.45) is 5.92 Å². The molecule has 1 aliphatic carbocycles. The number of para-hydroxylation sites is 2. The molecular weight excluding hydrogens is 488 g/mol. The maximum atomic E-state index is 13.6. The number of anilines is 1. The van der Waals surface area contributed by atoms with Crippen LogP contribution in [0.5, 0.6) is 0 Å². The van der Waals surface area contributed by atoms with Crippen LogP contribution < -0.4 is 15.9 Å². The highest BCUT2D eigenvalue weighted by Gasteiger charge is 2.26. The molecule has 5 rings (SSSR count). The van der Waals surface area contributed by atoms with Crippen LogP contribution in [0.25, 0.3) is 16.9 Å². The molecule has 0 unspecified atom stereocenters. The van der Waals surface area contributed by atoms with E-state index in [2.05, 4.69) is 15.3 Å². The Bertz CT molecular complexity index is 1480. The van der Waals surface area contributed by atoms with E-state index >= 15 is 0 Å². The number of nitrogens with one attached hydrogen (secondary N) is 1. The van der Waals surface area contributed by atoms with Gasteiger partial charge in [0, 0.05) is 32.9 Å². The maximum absolute atomic E-state index is 13.6. The Labute approximate surface area is 220 Å². The second-order valence-corrected chi connectivity index (χ2v) is 10.4. The number of aryl methyl sites for hydroxylation is 1. The minimum Gasteiger partial charge on any atom is -0.376 e. The summed E-state index contributed by atoms with van der Waals surface area (Å²) in [7, 11) is 3.93. The van der Waals surface area contributed by atoms with Gasteiger partial charge in [0.2, 0.25) is 0 Å². The summed E-state index contributed by atoms with van der Waals surface area (Å²) in [5.74, 6) is 0.828. The summed E-state index contributed by atoms with van der Waals surface area (Å²) in [5.41, 5.74) is 3.84. The van der Waals surface area contributed by atoms with Gasteiger partial charge in [0.05, 0.1) is 39.2 Å². The smallest absolute Gasteiger partial charge is 0.334 e. The molecule has 0 aliphatic heterocycles. The third-order valence-electron chi connectivity index (χ3n) is 7.23. The van der Waals surface area contributed by atoms with Crippen molar-refractivity contribution >= 4 is 34.2 Å². The molecule has 0 atom stereocenters. The van der Waals surface area contributed by atoms with E-state index < -0.39 is 0 Å². The van der Waals surface area contributed by atoms with E-state index in [0.717, 1.165) is 42.4 Å². The Balaban J connectivity index is 1.31. The van der Waals surface area contributed by atoms with Gasteiger partial charge in [-0.3, -0.25) is 14.3 Å². The van der Waals surface area contributed by atoms with Crippen molar-refractivity contribution in [1.82, 2.24) is 24.4 Å². The number of carbonyl (C=O) groups is 1. The number of hydrogen-bond acceptors (Lipinski definition) is 5. The molecule has 1 aromatic carbocycles. The third-order valence-corrected chi connectivity index (χ3v) is 7.44. The van der Waals surface area contributed by atoms with Crippen LogP contribution in [0.2, 0.25) is 5.02 Å². The number of fused-ring (bicyclic) bond motifs is 1. The first kappa shape index (κ1) is 25.0. The Morgan fingerprint density at radius 3 is 2.46 bits per heavy atom. The van der Waals surface area contributed by atoms with Crippen molar-refractivity contribution in [3.8, 4) is 5.82 Å². The maximum Gasteiger partial charge on any atom is 0.334 e. The first-order chi connectivity index (χ1) is 17.8. The normalized spacial score (nSPS) is 17.6. The van der Waals surface area contributed by atoms with Crippen LogP contribution >= 0.6 is 11.6 Å². The van der Waals surface area contributed by atoms with E-state index in [1.54, 1.807) is 23.0 Å². The molecule has 3 heterocycles. The molecule has 1 aliphatic rings. The fourth-order valence-corrected chi connectivity index (χ4v) is 5.29. The molecule has 3 aromatic heterocycles. The number of nitrogens with zero attached hydrogens (tertiary/aromatic N) is 5. The summed E-state index contributed by atoms with van der Waals surface area (Å²) in [6.07, 6.45) is 6.92. The van der Waals surface area contributed by atoms with Crippen molar-refractivity contribution in [3.05, 3.63) is 81.6 Å². The monoisotopic (exact) mass is 518 g/mol. The predicted molar refractivity (Wildman–Crippen MR) is 147 cm³/mol. The summed E-state index contributed by atoms with van der Waals surface area (Å²) in [6, 6.07) is 13.5. The molecule has 4 aromatic rings. The number of halogens is 1. The first-order valence-corrected chi connectivity index (χ1v) is 13.0. The summed E-state index contributed by atoms with van der Waals surface area (Å²) >= 11 is 6.04.